The summed E-state index contributed by atoms with van der Waals surface area (Å²) in [6.45, 7) is 1.41. The van der Waals surface area contributed by atoms with E-state index >= 15 is 0 Å². The summed E-state index contributed by atoms with van der Waals surface area (Å²) in [5.41, 5.74) is 3.52. The van der Waals surface area contributed by atoms with E-state index in [2.05, 4.69) is 41.8 Å². The summed E-state index contributed by atoms with van der Waals surface area (Å²) >= 11 is 6.18. The first kappa shape index (κ1) is 35.1. The number of likely N-dealkylation sites (tertiary alicyclic amines) is 1. The van der Waals surface area contributed by atoms with Crippen LogP contribution in [0.25, 0.3) is 16.6 Å². The number of nitrogens with zero attached hydrogens (tertiary/aromatic N) is 5. The molecule has 6 N–H and O–H groups in total. The number of fused-ring (bicyclic) bond motifs is 1. The molecule has 2 aliphatic rings. The van der Waals surface area contributed by atoms with E-state index in [0.717, 1.165) is 18.4 Å². The van der Waals surface area contributed by atoms with Gasteiger partial charge in [-0.05, 0) is 95.3 Å². The number of anilines is 3. The number of aromatic carboxylic acids is 1. The highest BCUT2D eigenvalue weighted by Gasteiger charge is 2.45. The van der Waals surface area contributed by atoms with Crippen molar-refractivity contribution in [1.82, 2.24) is 35.4 Å². The summed E-state index contributed by atoms with van der Waals surface area (Å²) < 4.78 is 1.32. The van der Waals surface area contributed by atoms with Gasteiger partial charge in [-0.1, -0.05) is 23.7 Å². The number of piperidine rings is 1. The third kappa shape index (κ3) is 8.12. The van der Waals surface area contributed by atoms with Crippen LogP contribution >= 0.6 is 11.6 Å². The molecule has 7 rings (SSSR count). The molecule has 5 aromatic rings. The van der Waals surface area contributed by atoms with Crippen LogP contribution in [0.4, 0.5) is 21.9 Å². The lowest BCUT2D eigenvalue weighted by Gasteiger charge is -2.46. The van der Waals surface area contributed by atoms with Gasteiger partial charge in [0.1, 0.15) is 17.8 Å². The fraction of sp³-hybridized carbons (Fsp3) is 0.278. The SMILES string of the molecule is O=C1CC2(CCN(C(=O)Nc3ccc(C[C@@H](CNc4ccc5[nH]c(C(=O)O)cc5c4)NC(=O)C(=O)Nc4cc(Cl)ccc4-n4cnnn4)cc3)CC2)C1. The Morgan fingerprint density at radius 3 is 2.38 bits per heavy atom. The van der Waals surface area contributed by atoms with Crippen LogP contribution in [-0.2, 0) is 20.8 Å². The van der Waals surface area contributed by atoms with Crippen molar-refractivity contribution in [3.05, 3.63) is 89.3 Å². The minimum atomic E-state index is -1.07. The molecule has 0 unspecified atom stereocenters. The number of amides is 4. The van der Waals surface area contributed by atoms with Crippen molar-refractivity contribution in [3.8, 4) is 5.69 Å². The molecular formula is C36H35ClN10O6. The number of carbonyl (C=O) groups is 5. The Hall–Kier alpha value is -6.29. The second-order valence-electron chi connectivity index (χ2n) is 13.4. The average Bonchev–Trinajstić information content (AvgIpc) is 3.82. The lowest BCUT2D eigenvalue weighted by molar-refractivity contribution is -0.136. The summed E-state index contributed by atoms with van der Waals surface area (Å²) in [5, 5.41) is 33.1. The number of aromatic nitrogens is 5. The molecule has 1 aliphatic carbocycles. The van der Waals surface area contributed by atoms with Crippen LogP contribution in [0.1, 0.15) is 41.7 Å². The first-order valence-corrected chi connectivity index (χ1v) is 17.3. The molecule has 17 heteroatoms. The van der Waals surface area contributed by atoms with Crippen molar-refractivity contribution in [2.45, 2.75) is 38.1 Å². The van der Waals surface area contributed by atoms with Crippen molar-refractivity contribution in [3.63, 3.8) is 0 Å². The number of hydrogen-bond donors (Lipinski definition) is 6. The monoisotopic (exact) mass is 738 g/mol. The van der Waals surface area contributed by atoms with Gasteiger partial charge in [-0.15, -0.1) is 5.10 Å². The number of urea groups is 1. The van der Waals surface area contributed by atoms with Crippen LogP contribution in [0.3, 0.4) is 0 Å². The van der Waals surface area contributed by atoms with E-state index in [0.29, 0.717) is 71.1 Å². The Morgan fingerprint density at radius 1 is 0.925 bits per heavy atom. The van der Waals surface area contributed by atoms with Gasteiger partial charge in [0.2, 0.25) is 0 Å². The molecule has 1 saturated heterocycles. The summed E-state index contributed by atoms with van der Waals surface area (Å²) in [7, 11) is 0. The zero-order valence-corrected chi connectivity index (χ0v) is 29.0. The van der Waals surface area contributed by atoms with Gasteiger partial charge in [-0.2, -0.15) is 4.68 Å². The lowest BCUT2D eigenvalue weighted by Crippen LogP contribution is -2.49. The summed E-state index contributed by atoms with van der Waals surface area (Å²) in [6, 6.07) is 18.0. The second-order valence-corrected chi connectivity index (χ2v) is 13.9. The van der Waals surface area contributed by atoms with Crippen molar-refractivity contribution in [2.24, 2.45) is 5.41 Å². The molecule has 1 spiro atoms. The molecule has 2 fully saturated rings. The summed E-state index contributed by atoms with van der Waals surface area (Å²) in [4.78, 5) is 67.1. The maximum absolute atomic E-state index is 13.3. The van der Waals surface area contributed by atoms with Crippen LogP contribution in [-0.4, -0.2) is 90.5 Å². The maximum Gasteiger partial charge on any atom is 0.352 e. The quantitative estimate of drug-likeness (QED) is 0.112. The van der Waals surface area contributed by atoms with Crippen LogP contribution in [0.2, 0.25) is 5.02 Å². The number of carboxylic acids is 1. The highest BCUT2D eigenvalue weighted by atomic mass is 35.5. The Labute approximate surface area is 307 Å². The zero-order chi connectivity index (χ0) is 37.1. The molecule has 53 heavy (non-hydrogen) atoms. The molecule has 3 heterocycles. The van der Waals surface area contributed by atoms with Gasteiger partial charge < -0.3 is 36.3 Å². The van der Waals surface area contributed by atoms with Crippen molar-refractivity contribution in [2.75, 3.05) is 35.6 Å². The highest BCUT2D eigenvalue weighted by molar-refractivity contribution is 6.40. The number of ketones is 1. The lowest BCUT2D eigenvalue weighted by atomic mass is 9.62. The summed E-state index contributed by atoms with van der Waals surface area (Å²) in [5.74, 6) is -2.61. The molecule has 272 valence electrons. The Bertz CT molecular complexity index is 2190. The number of carboxylic acid groups (broad SMARTS) is 1. The number of Topliss-reactive ketones (excluding diaryl/α,β-unsaturated/α-hetero) is 1. The number of rotatable bonds is 10. The van der Waals surface area contributed by atoms with Gasteiger partial charge in [0.15, 0.2) is 0 Å². The molecule has 3 aromatic carbocycles. The van der Waals surface area contributed by atoms with E-state index in [1.54, 1.807) is 47.4 Å². The van der Waals surface area contributed by atoms with Crippen LogP contribution in [0, 0.1) is 5.41 Å². The third-order valence-corrected chi connectivity index (χ3v) is 9.93. The standard InChI is InChI=1S/C36H35ClN10O6/c37-23-3-8-31(47-20-39-44-45-47)29(16-23)43-33(50)32(49)40-26(19-38-25-6-7-28-22(14-25)15-30(42-28)34(51)52)13-21-1-4-24(5-2-21)41-35(53)46-11-9-36(10-12-46)17-27(48)18-36/h1-8,14-16,20,26,38,42H,9-13,17-19H2,(H,40,49)(H,41,53)(H,43,50)(H,51,52)/t26-/m0/s1. The molecule has 0 bridgehead atoms. The number of tetrazole rings is 1. The van der Waals surface area contributed by atoms with E-state index in [1.807, 2.05) is 12.1 Å². The first-order chi connectivity index (χ1) is 25.5. The Kier molecular flexibility index (Phi) is 9.78. The number of aromatic amines is 1. The number of halogens is 1. The smallest absolute Gasteiger partial charge is 0.352 e. The van der Waals surface area contributed by atoms with E-state index in [4.69, 9.17) is 11.6 Å². The fourth-order valence-electron chi connectivity index (χ4n) is 6.82. The molecule has 1 atom stereocenters. The van der Waals surface area contributed by atoms with Gasteiger partial charge in [-0.25, -0.2) is 9.59 Å². The first-order valence-electron chi connectivity index (χ1n) is 16.9. The molecule has 4 amide bonds. The molecule has 1 aliphatic heterocycles. The van der Waals surface area contributed by atoms with E-state index < -0.39 is 23.8 Å². The predicted octanol–water partition coefficient (Wildman–Crippen LogP) is 4.25. The second kappa shape index (κ2) is 14.7. The van der Waals surface area contributed by atoms with Gasteiger partial charge in [0.05, 0.1) is 17.4 Å². The highest BCUT2D eigenvalue weighted by Crippen LogP contribution is 2.46. The molecule has 0 radical (unpaired) electrons. The van der Waals surface area contributed by atoms with Crippen LogP contribution < -0.4 is 21.3 Å². The Morgan fingerprint density at radius 2 is 1.68 bits per heavy atom. The van der Waals surface area contributed by atoms with Gasteiger partial charge in [0, 0.05) is 59.8 Å². The van der Waals surface area contributed by atoms with E-state index in [9.17, 15) is 29.1 Å². The normalized spacial score (nSPS) is 15.4. The fourth-order valence-corrected chi connectivity index (χ4v) is 6.99. The molecule has 1 saturated carbocycles. The predicted molar refractivity (Wildman–Crippen MR) is 195 cm³/mol. The largest absolute Gasteiger partial charge is 0.477 e. The van der Waals surface area contributed by atoms with E-state index in [-0.39, 0.29) is 29.4 Å². The number of carbonyl (C=O) groups excluding carboxylic acids is 4. The maximum atomic E-state index is 13.3. The average molecular weight is 739 g/mol. The zero-order valence-electron chi connectivity index (χ0n) is 28.3. The minimum Gasteiger partial charge on any atom is -0.477 e. The van der Waals surface area contributed by atoms with Gasteiger partial charge in [-0.3, -0.25) is 14.4 Å². The molecular weight excluding hydrogens is 704 g/mol. The topological polar surface area (TPSA) is 216 Å². The summed E-state index contributed by atoms with van der Waals surface area (Å²) in [6.07, 6.45) is 4.54. The van der Waals surface area contributed by atoms with Crippen LogP contribution in [0.15, 0.2) is 73.1 Å². The Balaban J connectivity index is 1.02. The third-order valence-electron chi connectivity index (χ3n) is 9.69. The van der Waals surface area contributed by atoms with Crippen LogP contribution in [0.5, 0.6) is 0 Å². The number of H-pyrrole nitrogens is 1. The van der Waals surface area contributed by atoms with Crippen molar-refractivity contribution < 1.29 is 29.1 Å². The number of hydrogen-bond acceptors (Lipinski definition) is 9. The molecule has 2 aromatic heterocycles. The number of nitrogens with one attached hydrogen (secondary N) is 5. The molecule has 16 nitrogen and oxygen atoms in total. The van der Waals surface area contributed by atoms with Gasteiger partial charge >= 0.3 is 23.8 Å². The van der Waals surface area contributed by atoms with E-state index in [1.165, 1.54) is 23.1 Å². The minimum absolute atomic E-state index is 0.0616. The number of benzene rings is 3. The van der Waals surface area contributed by atoms with Crippen molar-refractivity contribution >= 4 is 69.2 Å². The van der Waals surface area contributed by atoms with Gasteiger partial charge in [0.25, 0.3) is 0 Å². The van der Waals surface area contributed by atoms with Crippen molar-refractivity contribution in [1.29, 1.82) is 0 Å².